The summed E-state index contributed by atoms with van der Waals surface area (Å²) in [5, 5.41) is 3.08. The molecule has 0 spiro atoms. The van der Waals surface area contributed by atoms with Gasteiger partial charge in [-0.05, 0) is 18.6 Å². The molecule has 1 aromatic rings. The van der Waals surface area contributed by atoms with Crippen molar-refractivity contribution in [1.82, 2.24) is 5.32 Å². The molecule has 1 heterocycles. The molecule has 1 aromatic carbocycles. The first-order chi connectivity index (χ1) is 8.59. The van der Waals surface area contributed by atoms with Crippen molar-refractivity contribution in [1.29, 1.82) is 0 Å². The summed E-state index contributed by atoms with van der Waals surface area (Å²) in [5.41, 5.74) is -0.00749. The van der Waals surface area contributed by atoms with E-state index in [1.54, 1.807) is 0 Å². The van der Waals surface area contributed by atoms with Gasteiger partial charge in [-0.25, -0.2) is 8.78 Å². The van der Waals surface area contributed by atoms with Gasteiger partial charge in [0.05, 0.1) is 18.3 Å². The predicted octanol–water partition coefficient (Wildman–Crippen LogP) is 1.83. The molecule has 0 radical (unpaired) electrons. The highest BCUT2D eigenvalue weighted by Gasteiger charge is 2.22. The Bertz CT molecular complexity index is 457. The maximum Gasteiger partial charge on any atom is 0.169 e. The third kappa shape index (κ3) is 2.73. The first-order valence-corrected chi connectivity index (χ1v) is 5.89. The molecule has 0 aliphatic carbocycles. The van der Waals surface area contributed by atoms with Gasteiger partial charge in [0.2, 0.25) is 0 Å². The second-order valence-corrected chi connectivity index (χ2v) is 4.38. The second kappa shape index (κ2) is 5.54. The lowest BCUT2D eigenvalue weighted by molar-refractivity contribution is 0.0239. The normalized spacial score (nSPS) is 19.8. The van der Waals surface area contributed by atoms with E-state index >= 15 is 0 Å². The van der Waals surface area contributed by atoms with Gasteiger partial charge in [0.1, 0.15) is 0 Å². The molecular weight excluding hydrogens is 240 g/mol. The molecule has 1 saturated heterocycles. The highest BCUT2D eigenvalue weighted by Crippen LogP contribution is 2.18. The van der Waals surface area contributed by atoms with Crippen LogP contribution in [-0.2, 0) is 4.74 Å². The minimum Gasteiger partial charge on any atom is -0.375 e. The largest absolute Gasteiger partial charge is 0.375 e. The average molecular weight is 255 g/mol. The zero-order valence-electron chi connectivity index (χ0n) is 10.1. The number of hydrogen-bond acceptors (Lipinski definition) is 3. The van der Waals surface area contributed by atoms with Crippen molar-refractivity contribution in [2.75, 3.05) is 19.7 Å². The van der Waals surface area contributed by atoms with Gasteiger partial charge in [-0.2, -0.15) is 0 Å². The molecule has 3 nitrogen and oxygen atoms in total. The highest BCUT2D eigenvalue weighted by molar-refractivity contribution is 5.96. The van der Waals surface area contributed by atoms with E-state index in [1.807, 2.05) is 0 Å². The number of benzene rings is 1. The Hall–Kier alpha value is -1.33. The van der Waals surface area contributed by atoms with Gasteiger partial charge in [0.25, 0.3) is 0 Å². The number of carbonyl (C=O) groups is 1. The molecule has 0 bridgehead atoms. The van der Waals surface area contributed by atoms with Gasteiger partial charge in [-0.15, -0.1) is 0 Å². The summed E-state index contributed by atoms with van der Waals surface area (Å²) in [5.74, 6) is -2.45. The predicted molar refractivity (Wildman–Crippen MR) is 62.7 cm³/mol. The lowest BCUT2D eigenvalue weighted by Crippen LogP contribution is -2.39. The molecule has 1 fully saturated rings. The van der Waals surface area contributed by atoms with Crippen LogP contribution in [0.4, 0.5) is 8.78 Å². The molecule has 0 saturated carbocycles. The summed E-state index contributed by atoms with van der Waals surface area (Å²) in [7, 11) is 0. The van der Waals surface area contributed by atoms with E-state index < -0.39 is 17.4 Å². The van der Waals surface area contributed by atoms with Crippen molar-refractivity contribution in [3.8, 4) is 0 Å². The summed E-state index contributed by atoms with van der Waals surface area (Å²) in [6.07, 6.45) is -0.207. The van der Waals surface area contributed by atoms with Crippen LogP contribution in [-0.4, -0.2) is 31.6 Å². The maximum absolute atomic E-state index is 13.6. The number of carbonyl (C=O) groups excluding carboxylic acids is 1. The molecular formula is C13H15F2NO2. The Kier molecular flexibility index (Phi) is 4.04. The van der Waals surface area contributed by atoms with Crippen molar-refractivity contribution in [3.63, 3.8) is 0 Å². The van der Waals surface area contributed by atoms with Crippen LogP contribution in [0.25, 0.3) is 0 Å². The van der Waals surface area contributed by atoms with Gasteiger partial charge < -0.3 is 10.1 Å². The van der Waals surface area contributed by atoms with Crippen molar-refractivity contribution in [2.24, 2.45) is 0 Å². The Morgan fingerprint density at radius 1 is 1.44 bits per heavy atom. The SMILES string of the molecule is Cc1ccc(C(=O)CC2CNCCO2)c(F)c1F. The summed E-state index contributed by atoms with van der Waals surface area (Å²) >= 11 is 0. The summed E-state index contributed by atoms with van der Waals surface area (Å²) in [6, 6.07) is 2.73. The number of ether oxygens (including phenoxy) is 1. The molecule has 0 aromatic heterocycles. The molecule has 5 heteroatoms. The van der Waals surface area contributed by atoms with Gasteiger partial charge in [-0.1, -0.05) is 6.07 Å². The van der Waals surface area contributed by atoms with Crippen LogP contribution in [0, 0.1) is 18.6 Å². The third-order valence-electron chi connectivity index (χ3n) is 2.99. The molecule has 1 aliphatic rings. The Balaban J connectivity index is 2.11. The van der Waals surface area contributed by atoms with E-state index in [0.29, 0.717) is 13.2 Å². The number of morpholine rings is 1. The van der Waals surface area contributed by atoms with Gasteiger partial charge >= 0.3 is 0 Å². The minimum absolute atomic E-state index is 0.0619. The van der Waals surface area contributed by atoms with E-state index in [0.717, 1.165) is 6.54 Å². The fraction of sp³-hybridized carbons (Fsp3) is 0.462. The summed E-state index contributed by atoms with van der Waals surface area (Å²) < 4.78 is 32.3. The van der Waals surface area contributed by atoms with Crippen LogP contribution < -0.4 is 5.32 Å². The molecule has 2 rings (SSSR count). The molecule has 0 amide bonds. The number of ketones is 1. The number of Topliss-reactive ketones (excluding diaryl/α,β-unsaturated/α-hetero) is 1. The lowest BCUT2D eigenvalue weighted by Gasteiger charge is -2.23. The van der Waals surface area contributed by atoms with E-state index in [2.05, 4.69) is 5.32 Å². The molecule has 18 heavy (non-hydrogen) atoms. The maximum atomic E-state index is 13.6. The van der Waals surface area contributed by atoms with Crippen LogP contribution >= 0.6 is 0 Å². The first-order valence-electron chi connectivity index (χ1n) is 5.89. The Labute approximate surface area is 104 Å². The minimum atomic E-state index is -1.07. The standard InChI is InChI=1S/C13H15F2NO2/c1-8-2-3-10(13(15)12(8)14)11(17)6-9-7-16-4-5-18-9/h2-3,9,16H,4-7H2,1H3. The summed E-state index contributed by atoms with van der Waals surface area (Å²) in [4.78, 5) is 11.9. The van der Waals surface area contributed by atoms with Crippen molar-refractivity contribution in [3.05, 3.63) is 34.9 Å². The summed E-state index contributed by atoms with van der Waals surface area (Å²) in [6.45, 7) is 3.30. The number of rotatable bonds is 3. The molecule has 1 N–H and O–H groups in total. The smallest absolute Gasteiger partial charge is 0.169 e. The van der Waals surface area contributed by atoms with Crippen molar-refractivity contribution >= 4 is 5.78 Å². The van der Waals surface area contributed by atoms with Gasteiger partial charge in [0, 0.05) is 19.5 Å². The number of aryl methyl sites for hydroxylation is 1. The Morgan fingerprint density at radius 2 is 2.22 bits per heavy atom. The number of halogens is 2. The topological polar surface area (TPSA) is 38.3 Å². The van der Waals surface area contributed by atoms with E-state index in [4.69, 9.17) is 4.74 Å². The Morgan fingerprint density at radius 3 is 2.89 bits per heavy atom. The number of hydrogen-bond donors (Lipinski definition) is 1. The second-order valence-electron chi connectivity index (χ2n) is 4.38. The lowest BCUT2D eigenvalue weighted by atomic mass is 10.0. The van der Waals surface area contributed by atoms with Gasteiger partial charge in [-0.3, -0.25) is 4.79 Å². The van der Waals surface area contributed by atoms with Crippen molar-refractivity contribution in [2.45, 2.75) is 19.4 Å². The fourth-order valence-corrected chi connectivity index (χ4v) is 1.93. The average Bonchev–Trinajstić information content (AvgIpc) is 2.37. The number of nitrogens with one attached hydrogen (secondary N) is 1. The van der Waals surface area contributed by atoms with E-state index in [1.165, 1.54) is 19.1 Å². The zero-order chi connectivity index (χ0) is 13.1. The van der Waals surface area contributed by atoms with Crippen LogP contribution in [0.1, 0.15) is 22.3 Å². The van der Waals surface area contributed by atoms with Crippen LogP contribution in [0.5, 0.6) is 0 Å². The van der Waals surface area contributed by atoms with E-state index in [9.17, 15) is 13.6 Å². The van der Waals surface area contributed by atoms with Gasteiger partial charge in [0.15, 0.2) is 17.4 Å². The third-order valence-corrected chi connectivity index (χ3v) is 2.99. The molecule has 1 unspecified atom stereocenters. The molecule has 1 atom stereocenters. The van der Waals surface area contributed by atoms with Crippen molar-refractivity contribution < 1.29 is 18.3 Å². The highest BCUT2D eigenvalue weighted by atomic mass is 19.2. The van der Waals surface area contributed by atoms with E-state index in [-0.39, 0.29) is 23.7 Å². The monoisotopic (exact) mass is 255 g/mol. The zero-order valence-corrected chi connectivity index (χ0v) is 10.1. The quantitative estimate of drug-likeness (QED) is 0.837. The molecule has 1 aliphatic heterocycles. The first kappa shape index (κ1) is 13.1. The van der Waals surface area contributed by atoms with Crippen LogP contribution in [0.15, 0.2) is 12.1 Å². The van der Waals surface area contributed by atoms with Crippen LogP contribution in [0.2, 0.25) is 0 Å². The molecule has 98 valence electrons. The fourth-order valence-electron chi connectivity index (χ4n) is 1.93. The van der Waals surface area contributed by atoms with Crippen LogP contribution in [0.3, 0.4) is 0 Å².